The number of nitrogens with zero attached hydrogens (tertiary/aromatic N) is 3. The average Bonchev–Trinajstić information content (AvgIpc) is 3.54. The van der Waals surface area contributed by atoms with E-state index < -0.39 is 11.9 Å². The van der Waals surface area contributed by atoms with Crippen molar-refractivity contribution in [2.24, 2.45) is 7.05 Å². The quantitative estimate of drug-likeness (QED) is 0.296. The van der Waals surface area contributed by atoms with E-state index in [2.05, 4.69) is 21.5 Å². The Hall–Kier alpha value is -4.54. The molecule has 0 amide bonds. The first-order valence-corrected chi connectivity index (χ1v) is 11.7. The number of aromatic amines is 1. The summed E-state index contributed by atoms with van der Waals surface area (Å²) in [5.41, 5.74) is 4.34. The number of Topliss-reactive ketones (excluding diaryl/α,β-unsaturated/α-hetero) is 1. The SMILES string of the molecule is Cn1cc(-c2ccc3c(C(=O)C(NCCc4ccc(C#N)cc4)c4ccccc4)c[nH]c3c2F)cn1. The number of rotatable bonds is 8. The second-order valence-electron chi connectivity index (χ2n) is 8.68. The van der Waals surface area contributed by atoms with Crippen LogP contribution in [-0.4, -0.2) is 27.1 Å². The zero-order valence-electron chi connectivity index (χ0n) is 19.7. The van der Waals surface area contributed by atoms with Gasteiger partial charge in [-0.2, -0.15) is 10.4 Å². The van der Waals surface area contributed by atoms with Gasteiger partial charge >= 0.3 is 0 Å². The lowest BCUT2D eigenvalue weighted by Gasteiger charge is -2.18. The Morgan fingerprint density at radius 1 is 1.14 bits per heavy atom. The van der Waals surface area contributed by atoms with Crippen molar-refractivity contribution in [3.63, 3.8) is 0 Å². The van der Waals surface area contributed by atoms with Gasteiger partial charge in [-0.25, -0.2) is 4.39 Å². The summed E-state index contributed by atoms with van der Waals surface area (Å²) in [6.07, 6.45) is 5.64. The molecule has 0 aliphatic heterocycles. The molecule has 0 saturated carbocycles. The zero-order chi connectivity index (χ0) is 25.1. The largest absolute Gasteiger partial charge is 0.358 e. The van der Waals surface area contributed by atoms with Crippen LogP contribution in [0.15, 0.2) is 85.3 Å². The number of hydrogen-bond acceptors (Lipinski definition) is 4. The highest BCUT2D eigenvalue weighted by molar-refractivity contribution is 6.11. The number of benzene rings is 3. The molecule has 0 radical (unpaired) electrons. The molecule has 2 N–H and O–H groups in total. The van der Waals surface area contributed by atoms with Crippen molar-refractivity contribution in [2.75, 3.05) is 6.54 Å². The Labute approximate surface area is 208 Å². The molecule has 0 fully saturated rings. The van der Waals surface area contributed by atoms with Gasteiger partial charge in [0.25, 0.3) is 0 Å². The summed E-state index contributed by atoms with van der Waals surface area (Å²) in [4.78, 5) is 16.7. The first-order valence-electron chi connectivity index (χ1n) is 11.7. The second-order valence-corrected chi connectivity index (χ2v) is 8.68. The third-order valence-electron chi connectivity index (χ3n) is 6.31. The molecule has 2 heterocycles. The van der Waals surface area contributed by atoms with E-state index in [1.165, 1.54) is 0 Å². The topological polar surface area (TPSA) is 86.5 Å². The van der Waals surface area contributed by atoms with E-state index in [1.54, 1.807) is 54.6 Å². The number of carbonyl (C=O) groups is 1. The third kappa shape index (κ3) is 4.54. The molecule has 0 bridgehead atoms. The summed E-state index contributed by atoms with van der Waals surface area (Å²) < 4.78 is 17.0. The number of aryl methyl sites for hydroxylation is 1. The summed E-state index contributed by atoms with van der Waals surface area (Å²) in [6.45, 7) is 0.555. The molecule has 3 aromatic carbocycles. The lowest BCUT2D eigenvalue weighted by molar-refractivity contribution is 0.0945. The van der Waals surface area contributed by atoms with E-state index >= 15 is 4.39 Å². The molecule has 2 aromatic heterocycles. The van der Waals surface area contributed by atoms with Crippen molar-refractivity contribution in [3.05, 3.63) is 113 Å². The monoisotopic (exact) mass is 477 g/mol. The Kier molecular flexibility index (Phi) is 6.44. The van der Waals surface area contributed by atoms with Crippen LogP contribution in [0, 0.1) is 17.1 Å². The van der Waals surface area contributed by atoms with Crippen LogP contribution in [0.5, 0.6) is 0 Å². The number of halogens is 1. The number of ketones is 1. The van der Waals surface area contributed by atoms with Crippen molar-refractivity contribution in [1.29, 1.82) is 5.26 Å². The van der Waals surface area contributed by atoms with E-state index in [1.807, 2.05) is 42.5 Å². The molecule has 5 rings (SSSR count). The molecular weight excluding hydrogens is 453 g/mol. The average molecular weight is 478 g/mol. The van der Waals surface area contributed by atoms with Gasteiger partial charge in [-0.05, 0) is 29.7 Å². The van der Waals surface area contributed by atoms with E-state index in [4.69, 9.17) is 5.26 Å². The molecule has 5 aromatic rings. The number of aromatic nitrogens is 3. The predicted octanol–water partition coefficient (Wildman–Crippen LogP) is 5.34. The fourth-order valence-electron chi connectivity index (χ4n) is 4.42. The summed E-state index contributed by atoms with van der Waals surface area (Å²) in [6, 6.07) is 21.9. The van der Waals surface area contributed by atoms with Gasteiger partial charge in [-0.1, -0.05) is 54.6 Å². The van der Waals surface area contributed by atoms with E-state index in [0.29, 0.717) is 46.1 Å². The molecule has 0 spiro atoms. The smallest absolute Gasteiger partial charge is 0.186 e. The predicted molar refractivity (Wildman–Crippen MR) is 137 cm³/mol. The van der Waals surface area contributed by atoms with Crippen LogP contribution in [0.2, 0.25) is 0 Å². The Morgan fingerprint density at radius 3 is 2.61 bits per heavy atom. The normalized spacial score (nSPS) is 11.9. The number of nitrogens with one attached hydrogen (secondary N) is 2. The third-order valence-corrected chi connectivity index (χ3v) is 6.31. The second kappa shape index (κ2) is 9.98. The lowest BCUT2D eigenvalue weighted by Crippen LogP contribution is -2.30. The molecular formula is C29H24FN5O. The molecule has 0 aliphatic carbocycles. The summed E-state index contributed by atoms with van der Waals surface area (Å²) in [7, 11) is 1.78. The van der Waals surface area contributed by atoms with Gasteiger partial charge in [0.15, 0.2) is 11.6 Å². The van der Waals surface area contributed by atoms with Crippen molar-refractivity contribution in [2.45, 2.75) is 12.5 Å². The molecule has 0 saturated heterocycles. The number of carbonyl (C=O) groups excluding carboxylic acids is 1. The maximum absolute atomic E-state index is 15.4. The van der Waals surface area contributed by atoms with Crippen LogP contribution in [0.25, 0.3) is 22.0 Å². The van der Waals surface area contributed by atoms with Crippen molar-refractivity contribution in [1.82, 2.24) is 20.1 Å². The fraction of sp³-hybridized carbons (Fsp3) is 0.138. The van der Waals surface area contributed by atoms with Gasteiger partial charge < -0.3 is 10.3 Å². The number of nitriles is 1. The Bertz CT molecular complexity index is 1560. The lowest BCUT2D eigenvalue weighted by atomic mass is 9.96. The summed E-state index contributed by atoms with van der Waals surface area (Å²) in [5, 5.41) is 17.0. The molecule has 36 heavy (non-hydrogen) atoms. The van der Waals surface area contributed by atoms with Gasteiger partial charge in [-0.15, -0.1) is 0 Å². The highest BCUT2D eigenvalue weighted by atomic mass is 19.1. The maximum atomic E-state index is 15.4. The summed E-state index contributed by atoms with van der Waals surface area (Å²) in [5.74, 6) is -0.551. The van der Waals surface area contributed by atoms with E-state index in [0.717, 1.165) is 11.1 Å². The van der Waals surface area contributed by atoms with Crippen LogP contribution in [0.1, 0.15) is 33.1 Å². The highest BCUT2D eigenvalue weighted by Crippen LogP contribution is 2.31. The van der Waals surface area contributed by atoms with Crippen LogP contribution in [-0.2, 0) is 13.5 Å². The fourth-order valence-corrected chi connectivity index (χ4v) is 4.42. The van der Waals surface area contributed by atoms with Crippen molar-refractivity contribution in [3.8, 4) is 17.2 Å². The molecule has 6 nitrogen and oxygen atoms in total. The minimum absolute atomic E-state index is 0.138. The number of H-pyrrole nitrogens is 1. The van der Waals surface area contributed by atoms with Crippen LogP contribution in [0.4, 0.5) is 4.39 Å². The van der Waals surface area contributed by atoms with E-state index in [-0.39, 0.29) is 5.78 Å². The van der Waals surface area contributed by atoms with Gasteiger partial charge in [0.2, 0.25) is 0 Å². The maximum Gasteiger partial charge on any atom is 0.186 e. The molecule has 178 valence electrons. The molecule has 1 atom stereocenters. The van der Waals surface area contributed by atoms with Gasteiger partial charge in [0.05, 0.1) is 29.4 Å². The molecule has 7 heteroatoms. The molecule has 1 unspecified atom stereocenters. The molecule has 0 aliphatic rings. The first kappa shape index (κ1) is 23.2. The standard InChI is InChI=1S/C29H24FN5O/c1-35-18-22(16-34-35)23-11-12-24-25(17-33-28(24)26(23)30)29(36)27(21-5-3-2-4-6-21)32-14-13-19-7-9-20(15-31)10-8-19/h2-12,16-18,27,32-33H,13-14H2,1H3. The number of hydrogen-bond donors (Lipinski definition) is 2. The minimum atomic E-state index is -0.593. The minimum Gasteiger partial charge on any atom is -0.358 e. The van der Waals surface area contributed by atoms with Crippen LogP contribution < -0.4 is 5.32 Å². The Balaban J connectivity index is 1.42. The first-order chi connectivity index (χ1) is 17.5. The summed E-state index contributed by atoms with van der Waals surface area (Å²) >= 11 is 0. The van der Waals surface area contributed by atoms with Crippen molar-refractivity contribution >= 4 is 16.7 Å². The highest BCUT2D eigenvalue weighted by Gasteiger charge is 2.25. The Morgan fingerprint density at radius 2 is 1.92 bits per heavy atom. The van der Waals surface area contributed by atoms with Gasteiger partial charge in [0.1, 0.15) is 0 Å². The van der Waals surface area contributed by atoms with E-state index in [9.17, 15) is 4.79 Å². The van der Waals surface area contributed by atoms with Gasteiger partial charge in [0, 0.05) is 48.1 Å². The number of fused-ring (bicyclic) bond motifs is 1. The van der Waals surface area contributed by atoms with Crippen molar-refractivity contribution < 1.29 is 9.18 Å². The van der Waals surface area contributed by atoms with Crippen LogP contribution in [0.3, 0.4) is 0 Å². The van der Waals surface area contributed by atoms with Crippen LogP contribution >= 0.6 is 0 Å². The van der Waals surface area contributed by atoms with Gasteiger partial charge in [-0.3, -0.25) is 9.48 Å². The zero-order valence-corrected chi connectivity index (χ0v) is 19.7.